The van der Waals surface area contributed by atoms with Crippen molar-refractivity contribution in [3.05, 3.63) is 0 Å². The molecule has 4 aliphatic carbocycles. The van der Waals surface area contributed by atoms with Crippen LogP contribution in [0.4, 0.5) is 0 Å². The topological polar surface area (TPSA) is 218 Å². The summed E-state index contributed by atoms with van der Waals surface area (Å²) < 4.78 is 32.9. The van der Waals surface area contributed by atoms with Crippen molar-refractivity contribution >= 4 is 15.6 Å². The van der Waals surface area contributed by atoms with Crippen molar-refractivity contribution in [1.82, 2.24) is 18.5 Å². The lowest BCUT2D eigenvalue weighted by Crippen LogP contribution is -2.56. The molecule has 2 bridgehead atoms. The van der Waals surface area contributed by atoms with Crippen molar-refractivity contribution in [2.24, 2.45) is 33.5 Å². The van der Waals surface area contributed by atoms with Crippen LogP contribution in [0.15, 0.2) is 0 Å². The Morgan fingerprint density at radius 1 is 0.844 bits per heavy atom. The first-order valence-electron chi connectivity index (χ1n) is 10.9. The lowest BCUT2D eigenvalue weighted by Gasteiger charge is -2.64. The molecule has 192 valence electrons. The summed E-state index contributed by atoms with van der Waals surface area (Å²) in [4.78, 5) is 27.9. The van der Waals surface area contributed by atoms with Crippen LogP contribution in [0.1, 0.15) is 85.5 Å². The van der Waals surface area contributed by atoms with Crippen LogP contribution >= 0.6 is 15.6 Å². The first-order valence-corrected chi connectivity index (χ1v) is 13.9. The summed E-state index contributed by atoms with van der Waals surface area (Å²) in [5.41, 5.74) is 0.447. The van der Waals surface area contributed by atoms with E-state index in [1.807, 2.05) is 0 Å². The van der Waals surface area contributed by atoms with Crippen molar-refractivity contribution in [2.45, 2.75) is 91.6 Å². The minimum absolute atomic E-state index is 0. The van der Waals surface area contributed by atoms with Gasteiger partial charge in [-0.05, 0) is 84.9 Å². The van der Waals surface area contributed by atoms with Gasteiger partial charge in [0.05, 0.1) is 6.10 Å². The molecule has 0 aromatic rings. The van der Waals surface area contributed by atoms with E-state index in [-0.39, 0.29) is 34.7 Å². The molecule has 7 atom stereocenters. The van der Waals surface area contributed by atoms with Gasteiger partial charge in [-0.2, -0.15) is 4.31 Å². The molecule has 0 aromatic heterocycles. The van der Waals surface area contributed by atoms with Crippen molar-refractivity contribution in [1.29, 1.82) is 0 Å². The zero-order valence-electron chi connectivity index (χ0n) is 20.1. The molecule has 0 saturated heterocycles. The maximum Gasteiger partial charge on any atom is 0.481 e. The quantitative estimate of drug-likeness (QED) is 0.251. The summed E-state index contributed by atoms with van der Waals surface area (Å²) in [5, 5.41) is 0. The van der Waals surface area contributed by atoms with Crippen LogP contribution in [0, 0.1) is 33.5 Å². The van der Waals surface area contributed by atoms with Crippen LogP contribution in [0.5, 0.6) is 0 Å². The molecule has 4 saturated carbocycles. The average molecular weight is 502 g/mol. The third-order valence-corrected chi connectivity index (χ3v) is 11.5. The van der Waals surface area contributed by atoms with Crippen LogP contribution < -0.4 is 18.5 Å². The molecular formula is C20H45N3O7P2. The number of hydrogen-bond acceptors (Lipinski definition) is 7. The molecule has 0 amide bonds. The van der Waals surface area contributed by atoms with E-state index < -0.39 is 21.7 Å². The van der Waals surface area contributed by atoms with Crippen molar-refractivity contribution in [2.75, 3.05) is 0 Å². The maximum absolute atomic E-state index is 12.3. The molecule has 1 unspecified atom stereocenters. The summed E-state index contributed by atoms with van der Waals surface area (Å²) in [6.07, 6.45) is 9.17. The zero-order chi connectivity index (χ0) is 21.5. The lowest BCUT2D eigenvalue weighted by atomic mass is 9.40. The SMILES string of the molecule is CC1(C)CCC[C@]2(C)[C@@H]1CC[C@@]13C[C@H](OP(=O)(O)OP(=O)(O)O)[C@@](C)(CC[C@H]12)C3.N.N.N. The Hall–Kier alpha value is 0.140. The van der Waals surface area contributed by atoms with Gasteiger partial charge in [0.15, 0.2) is 0 Å². The van der Waals surface area contributed by atoms with E-state index in [0.29, 0.717) is 23.7 Å². The van der Waals surface area contributed by atoms with Gasteiger partial charge >= 0.3 is 15.6 Å². The predicted octanol–water partition coefficient (Wildman–Crippen LogP) is 5.89. The number of phosphoric ester groups is 1. The fraction of sp³-hybridized carbons (Fsp3) is 1.00. The molecule has 0 radical (unpaired) electrons. The van der Waals surface area contributed by atoms with Crippen molar-refractivity contribution in [3.63, 3.8) is 0 Å². The van der Waals surface area contributed by atoms with Crippen molar-refractivity contribution in [3.8, 4) is 0 Å². The average Bonchev–Trinajstić information content (AvgIpc) is 2.68. The Morgan fingerprint density at radius 3 is 2.03 bits per heavy atom. The third-order valence-electron chi connectivity index (χ3n) is 9.34. The molecule has 0 aromatic carbocycles. The monoisotopic (exact) mass is 501 g/mol. The standard InChI is InChI=1S/C20H36O7P2.3H3N/c1-17(2)8-5-9-19(4)14(17)7-11-20-12-16(18(3,13-20)10-6-15(19)20)26-29(24,25)27-28(21,22)23;;;/h14-16H,5-13H2,1-4H3,(H,24,25)(H2,21,22,23);3*1H3/t14-,15+,16+,18+,19-,20+;;;/m1.../s1. The van der Waals surface area contributed by atoms with Gasteiger partial charge in [0.2, 0.25) is 0 Å². The van der Waals surface area contributed by atoms with E-state index in [9.17, 15) is 14.0 Å². The van der Waals surface area contributed by atoms with Crippen LogP contribution in [-0.2, 0) is 18.0 Å². The second-order valence-corrected chi connectivity index (χ2v) is 14.3. The predicted molar refractivity (Wildman–Crippen MR) is 124 cm³/mol. The minimum Gasteiger partial charge on any atom is -0.344 e. The minimum atomic E-state index is -5.11. The molecule has 0 aliphatic heterocycles. The van der Waals surface area contributed by atoms with E-state index in [1.165, 1.54) is 25.7 Å². The number of phosphoric acid groups is 2. The molecule has 12 heteroatoms. The second-order valence-electron chi connectivity index (χ2n) is 11.6. The number of fused-ring (bicyclic) bond motifs is 3. The summed E-state index contributed by atoms with van der Waals surface area (Å²) in [7, 11) is -9.94. The Balaban J connectivity index is 0.00000171. The number of hydrogen-bond donors (Lipinski definition) is 6. The Morgan fingerprint density at radius 2 is 1.44 bits per heavy atom. The molecule has 0 heterocycles. The highest BCUT2D eigenvalue weighted by Crippen LogP contribution is 2.75. The summed E-state index contributed by atoms with van der Waals surface area (Å²) in [5.74, 6) is 1.27. The highest BCUT2D eigenvalue weighted by atomic mass is 31.3. The molecule has 1 spiro atoms. The van der Waals surface area contributed by atoms with Gasteiger partial charge in [-0.15, -0.1) is 0 Å². The highest BCUT2D eigenvalue weighted by Gasteiger charge is 2.67. The van der Waals surface area contributed by atoms with Gasteiger partial charge < -0.3 is 33.1 Å². The molecule has 32 heavy (non-hydrogen) atoms. The van der Waals surface area contributed by atoms with E-state index in [0.717, 1.165) is 25.7 Å². The van der Waals surface area contributed by atoms with Gasteiger partial charge in [0, 0.05) is 0 Å². The van der Waals surface area contributed by atoms with Gasteiger partial charge in [-0.3, -0.25) is 4.52 Å². The fourth-order valence-corrected chi connectivity index (χ4v) is 10.4. The Bertz CT molecular complexity index is 793. The molecule has 4 aliphatic rings. The van der Waals surface area contributed by atoms with Gasteiger partial charge in [-0.25, -0.2) is 9.13 Å². The molecular weight excluding hydrogens is 456 g/mol. The van der Waals surface area contributed by atoms with Crippen LogP contribution in [0.2, 0.25) is 0 Å². The maximum atomic E-state index is 12.3. The molecule has 10 nitrogen and oxygen atoms in total. The van der Waals surface area contributed by atoms with E-state index in [2.05, 4.69) is 32.0 Å². The summed E-state index contributed by atoms with van der Waals surface area (Å²) in [6, 6.07) is 0. The first-order chi connectivity index (χ1) is 13.1. The Kier molecular flexibility index (Phi) is 8.46. The molecule has 4 rings (SSSR count). The largest absolute Gasteiger partial charge is 0.481 e. The van der Waals surface area contributed by atoms with Crippen LogP contribution in [0.25, 0.3) is 0 Å². The van der Waals surface area contributed by atoms with Crippen LogP contribution in [-0.4, -0.2) is 20.8 Å². The van der Waals surface area contributed by atoms with Gasteiger partial charge in [0.1, 0.15) is 0 Å². The highest BCUT2D eigenvalue weighted by molar-refractivity contribution is 7.60. The zero-order valence-corrected chi connectivity index (χ0v) is 21.9. The van der Waals surface area contributed by atoms with Gasteiger partial charge in [0.25, 0.3) is 0 Å². The van der Waals surface area contributed by atoms with E-state index in [4.69, 9.17) is 14.3 Å². The summed E-state index contributed by atoms with van der Waals surface area (Å²) >= 11 is 0. The number of rotatable bonds is 4. The fourth-order valence-electron chi connectivity index (χ4n) is 8.51. The van der Waals surface area contributed by atoms with Crippen LogP contribution in [0.3, 0.4) is 0 Å². The third kappa shape index (κ3) is 4.92. The Labute approximate surface area is 192 Å². The summed E-state index contributed by atoms with van der Waals surface area (Å²) in [6.45, 7) is 9.41. The normalized spacial score (nSPS) is 43.9. The lowest BCUT2D eigenvalue weighted by molar-refractivity contribution is -0.149. The molecule has 12 N–H and O–H groups in total. The smallest absolute Gasteiger partial charge is 0.344 e. The first kappa shape index (κ1) is 30.2. The van der Waals surface area contributed by atoms with E-state index in [1.54, 1.807) is 0 Å². The van der Waals surface area contributed by atoms with Crippen molar-refractivity contribution < 1.29 is 32.6 Å². The van der Waals surface area contributed by atoms with E-state index >= 15 is 0 Å². The second kappa shape index (κ2) is 8.98. The van der Waals surface area contributed by atoms with Gasteiger partial charge in [-0.1, -0.05) is 34.1 Å². The molecule has 4 fully saturated rings.